The van der Waals surface area contributed by atoms with Crippen molar-refractivity contribution in [3.63, 3.8) is 0 Å². The summed E-state index contributed by atoms with van der Waals surface area (Å²) in [5, 5.41) is 7.74. The lowest BCUT2D eigenvalue weighted by Gasteiger charge is -2.16. The fourth-order valence-corrected chi connectivity index (χ4v) is 5.46. The molecule has 2 aromatic carbocycles. The molecule has 0 atom stereocenters. The Morgan fingerprint density at radius 1 is 1.06 bits per heavy atom. The second-order valence-electron chi connectivity index (χ2n) is 8.20. The molecule has 4 aromatic rings. The predicted octanol–water partition coefficient (Wildman–Crippen LogP) is 5.51. The average Bonchev–Trinajstić information content (AvgIpc) is 3.35. The summed E-state index contributed by atoms with van der Waals surface area (Å²) in [5.41, 5.74) is 5.66. The number of thiazole rings is 1. The molecule has 0 saturated carbocycles. The highest BCUT2D eigenvalue weighted by Gasteiger charge is 2.20. The number of rotatable bonds is 6. The Kier molecular flexibility index (Phi) is 5.66. The van der Waals surface area contributed by atoms with Gasteiger partial charge in [0.2, 0.25) is 11.8 Å². The number of hydrogen-bond acceptors (Lipinski definition) is 4. The molecule has 0 fully saturated rings. The van der Waals surface area contributed by atoms with Crippen molar-refractivity contribution in [1.29, 1.82) is 0 Å². The van der Waals surface area contributed by atoms with E-state index in [0.717, 1.165) is 28.7 Å². The zero-order chi connectivity index (χ0) is 22.1. The molecule has 6 nitrogen and oxygen atoms in total. The summed E-state index contributed by atoms with van der Waals surface area (Å²) in [6, 6.07) is 14.2. The third-order valence-electron chi connectivity index (χ3n) is 6.09. The molecule has 1 aliphatic rings. The van der Waals surface area contributed by atoms with Crippen molar-refractivity contribution in [3.05, 3.63) is 53.7 Å². The number of fused-ring (bicyclic) bond motifs is 4. The number of aryl methyl sites for hydroxylation is 2. The van der Waals surface area contributed by atoms with Crippen molar-refractivity contribution in [2.24, 2.45) is 0 Å². The minimum atomic E-state index is -0.0580. The van der Waals surface area contributed by atoms with Gasteiger partial charge < -0.3 is 15.2 Å². The van der Waals surface area contributed by atoms with E-state index in [9.17, 15) is 9.59 Å². The van der Waals surface area contributed by atoms with Crippen molar-refractivity contribution in [1.82, 2.24) is 9.55 Å². The number of carbonyl (C=O) groups is 2. The zero-order valence-corrected chi connectivity index (χ0v) is 18.9. The van der Waals surface area contributed by atoms with Crippen molar-refractivity contribution in [2.75, 3.05) is 10.6 Å². The summed E-state index contributed by atoms with van der Waals surface area (Å²) in [7, 11) is 0. The molecule has 2 N–H and O–H groups in total. The van der Waals surface area contributed by atoms with Gasteiger partial charge in [-0.3, -0.25) is 9.59 Å². The Bertz CT molecular complexity index is 1320. The first-order chi connectivity index (χ1) is 15.6. The van der Waals surface area contributed by atoms with Gasteiger partial charge in [0.1, 0.15) is 0 Å². The van der Waals surface area contributed by atoms with Crippen molar-refractivity contribution >= 4 is 55.1 Å². The SMILES string of the molecule is CCC(=O)Nc1nc2ccc(NC(=O)CCn3c4c(c5ccccc53)CCCC4)cc2s1. The van der Waals surface area contributed by atoms with Crippen molar-refractivity contribution in [2.45, 2.75) is 52.0 Å². The largest absolute Gasteiger partial charge is 0.344 e. The minimum absolute atomic E-state index is 0.00397. The highest BCUT2D eigenvalue weighted by Crippen LogP contribution is 2.32. The fraction of sp³-hybridized carbons (Fsp3) is 0.320. The van der Waals surface area contributed by atoms with Gasteiger partial charge in [0.15, 0.2) is 5.13 Å². The van der Waals surface area contributed by atoms with Crippen LogP contribution in [0.25, 0.3) is 21.1 Å². The molecular formula is C25H26N4O2S. The van der Waals surface area contributed by atoms with E-state index in [4.69, 9.17) is 0 Å². The van der Waals surface area contributed by atoms with Gasteiger partial charge in [0, 0.05) is 41.7 Å². The van der Waals surface area contributed by atoms with Gasteiger partial charge in [0.05, 0.1) is 10.2 Å². The maximum atomic E-state index is 12.7. The van der Waals surface area contributed by atoms with E-state index in [1.54, 1.807) is 0 Å². The van der Waals surface area contributed by atoms with Crippen LogP contribution < -0.4 is 10.6 Å². The highest BCUT2D eigenvalue weighted by atomic mass is 32.1. The molecule has 7 heteroatoms. The third kappa shape index (κ3) is 4.00. The number of carbonyl (C=O) groups excluding carboxylic acids is 2. The van der Waals surface area contributed by atoms with Crippen LogP contribution >= 0.6 is 11.3 Å². The van der Waals surface area contributed by atoms with Gasteiger partial charge in [-0.2, -0.15) is 0 Å². The van der Waals surface area contributed by atoms with Gasteiger partial charge in [0.25, 0.3) is 0 Å². The van der Waals surface area contributed by atoms with Gasteiger partial charge >= 0.3 is 0 Å². The molecule has 32 heavy (non-hydrogen) atoms. The van der Waals surface area contributed by atoms with Gasteiger partial charge in [-0.1, -0.05) is 36.5 Å². The van der Waals surface area contributed by atoms with Crippen LogP contribution in [0, 0.1) is 0 Å². The zero-order valence-electron chi connectivity index (χ0n) is 18.1. The molecule has 0 saturated heterocycles. The molecule has 0 aliphatic heterocycles. The molecule has 0 bridgehead atoms. The molecular weight excluding hydrogens is 420 g/mol. The smallest absolute Gasteiger partial charge is 0.226 e. The van der Waals surface area contributed by atoms with E-state index in [1.165, 1.54) is 46.3 Å². The number of hydrogen-bond donors (Lipinski definition) is 2. The van der Waals surface area contributed by atoms with Crippen molar-refractivity contribution < 1.29 is 9.59 Å². The minimum Gasteiger partial charge on any atom is -0.344 e. The van der Waals surface area contributed by atoms with E-state index in [1.807, 2.05) is 25.1 Å². The Hall–Kier alpha value is -3.19. The summed E-state index contributed by atoms with van der Waals surface area (Å²) in [5.74, 6) is -0.0620. The van der Waals surface area contributed by atoms with Crippen LogP contribution in [0.3, 0.4) is 0 Å². The van der Waals surface area contributed by atoms with Crippen LogP contribution in [0.1, 0.15) is 43.9 Å². The maximum absolute atomic E-state index is 12.7. The fourth-order valence-electron chi connectivity index (χ4n) is 4.54. The van der Waals surface area contributed by atoms with E-state index in [2.05, 4.69) is 44.5 Å². The Labute approximate surface area is 190 Å². The van der Waals surface area contributed by atoms with Crippen LogP contribution in [0.15, 0.2) is 42.5 Å². The van der Waals surface area contributed by atoms with E-state index < -0.39 is 0 Å². The molecule has 2 aromatic heterocycles. The number of amides is 2. The first-order valence-electron chi connectivity index (χ1n) is 11.2. The molecule has 164 valence electrons. The van der Waals surface area contributed by atoms with Gasteiger partial charge in [-0.15, -0.1) is 0 Å². The monoisotopic (exact) mass is 446 g/mol. The number of aromatic nitrogens is 2. The number of para-hydroxylation sites is 1. The quantitative estimate of drug-likeness (QED) is 0.410. The van der Waals surface area contributed by atoms with E-state index in [0.29, 0.717) is 24.5 Å². The maximum Gasteiger partial charge on any atom is 0.226 e. The molecule has 2 heterocycles. The second-order valence-corrected chi connectivity index (χ2v) is 9.23. The normalized spacial score (nSPS) is 13.3. The summed E-state index contributed by atoms with van der Waals surface area (Å²) in [6.45, 7) is 2.49. The second kappa shape index (κ2) is 8.74. The summed E-state index contributed by atoms with van der Waals surface area (Å²) < 4.78 is 3.28. The molecule has 2 amide bonds. The Morgan fingerprint density at radius 2 is 1.91 bits per heavy atom. The molecule has 0 spiro atoms. The number of nitrogens with one attached hydrogen (secondary N) is 2. The van der Waals surface area contributed by atoms with Crippen LogP contribution in [0.2, 0.25) is 0 Å². The average molecular weight is 447 g/mol. The van der Waals surface area contributed by atoms with E-state index in [-0.39, 0.29) is 11.8 Å². The first kappa shape index (κ1) is 20.7. The van der Waals surface area contributed by atoms with Crippen LogP contribution in [0.5, 0.6) is 0 Å². The third-order valence-corrected chi connectivity index (χ3v) is 7.02. The van der Waals surface area contributed by atoms with Crippen LogP contribution in [-0.4, -0.2) is 21.4 Å². The molecule has 1 aliphatic carbocycles. The number of anilines is 2. The first-order valence-corrected chi connectivity index (χ1v) is 12.0. The topological polar surface area (TPSA) is 76.0 Å². The van der Waals surface area contributed by atoms with Crippen LogP contribution in [0.4, 0.5) is 10.8 Å². The van der Waals surface area contributed by atoms with Gasteiger partial charge in [-0.25, -0.2) is 4.98 Å². The lowest BCUT2D eigenvalue weighted by atomic mass is 9.95. The molecule has 0 unspecified atom stereocenters. The Morgan fingerprint density at radius 3 is 2.78 bits per heavy atom. The Balaban J connectivity index is 1.29. The lowest BCUT2D eigenvalue weighted by molar-refractivity contribution is -0.117. The standard InChI is InChI=1S/C25H26N4O2S/c1-2-23(30)28-25-27-19-12-11-16(15-22(19)32-25)26-24(31)13-14-29-20-9-5-3-7-17(20)18-8-4-6-10-21(18)29/h3,5,7,9,11-12,15H,2,4,6,8,10,13-14H2,1H3,(H,26,31)(H,27,28,30). The molecule has 0 radical (unpaired) electrons. The van der Waals surface area contributed by atoms with E-state index >= 15 is 0 Å². The number of benzene rings is 2. The van der Waals surface area contributed by atoms with Gasteiger partial charge in [-0.05, 0) is 55.5 Å². The molecule has 5 rings (SSSR count). The summed E-state index contributed by atoms with van der Waals surface area (Å²) in [6.07, 6.45) is 5.51. The van der Waals surface area contributed by atoms with Crippen LogP contribution in [-0.2, 0) is 29.0 Å². The predicted molar refractivity (Wildman–Crippen MR) is 130 cm³/mol. The highest BCUT2D eigenvalue weighted by molar-refractivity contribution is 7.22. The lowest BCUT2D eigenvalue weighted by Crippen LogP contribution is -2.16. The summed E-state index contributed by atoms with van der Waals surface area (Å²) in [4.78, 5) is 28.8. The van der Waals surface area contributed by atoms with Crippen molar-refractivity contribution in [3.8, 4) is 0 Å². The summed E-state index contributed by atoms with van der Waals surface area (Å²) >= 11 is 1.41. The number of nitrogens with zero attached hydrogens (tertiary/aromatic N) is 2.